The molecule has 1 aromatic carbocycles. The largest absolute Gasteiger partial charge is 0.480 e. The third kappa shape index (κ3) is 2.43. The maximum Gasteiger partial charge on any atom is 0.232 e. The van der Waals surface area contributed by atoms with Crippen LogP contribution in [0.5, 0.6) is 5.88 Å². The first-order chi connectivity index (χ1) is 10.4. The topological polar surface area (TPSA) is 61.0 Å². The number of ether oxygens (including phenoxy) is 1. The van der Waals surface area contributed by atoms with E-state index >= 15 is 0 Å². The van der Waals surface area contributed by atoms with Gasteiger partial charge in [0.25, 0.3) is 0 Å². The van der Waals surface area contributed by atoms with Gasteiger partial charge in [-0.1, -0.05) is 44.1 Å². The molecular formula is C17H19N3O2. The van der Waals surface area contributed by atoms with Gasteiger partial charge in [0.2, 0.25) is 17.6 Å². The number of aryl methyl sites for hydroxylation is 1. The van der Waals surface area contributed by atoms with E-state index in [-0.39, 0.29) is 5.41 Å². The first kappa shape index (κ1) is 14.5. The van der Waals surface area contributed by atoms with Crippen LogP contribution >= 0.6 is 0 Å². The Kier molecular flexibility index (Phi) is 3.35. The van der Waals surface area contributed by atoms with Gasteiger partial charge in [-0.25, -0.2) is 4.98 Å². The molecule has 0 aliphatic heterocycles. The van der Waals surface area contributed by atoms with E-state index < -0.39 is 0 Å². The van der Waals surface area contributed by atoms with Crippen molar-refractivity contribution in [1.82, 2.24) is 15.1 Å². The molecule has 0 radical (unpaired) electrons. The third-order valence-electron chi connectivity index (χ3n) is 3.51. The van der Waals surface area contributed by atoms with Crippen molar-refractivity contribution < 1.29 is 9.26 Å². The van der Waals surface area contributed by atoms with Gasteiger partial charge in [0.15, 0.2) is 0 Å². The van der Waals surface area contributed by atoms with Crippen molar-refractivity contribution in [2.45, 2.75) is 33.1 Å². The van der Waals surface area contributed by atoms with Crippen LogP contribution < -0.4 is 4.74 Å². The zero-order valence-corrected chi connectivity index (χ0v) is 13.5. The molecule has 3 aromatic rings. The van der Waals surface area contributed by atoms with Crippen molar-refractivity contribution >= 4 is 10.9 Å². The molecule has 0 spiro atoms. The van der Waals surface area contributed by atoms with Crippen molar-refractivity contribution in [3.63, 3.8) is 0 Å². The summed E-state index contributed by atoms with van der Waals surface area (Å²) in [6.07, 6.45) is 0. The lowest BCUT2D eigenvalue weighted by Gasteiger charge is -2.10. The van der Waals surface area contributed by atoms with E-state index in [1.165, 1.54) is 0 Å². The lowest BCUT2D eigenvalue weighted by molar-refractivity contribution is 0.321. The number of pyridine rings is 1. The van der Waals surface area contributed by atoms with E-state index in [0.717, 1.165) is 22.0 Å². The second kappa shape index (κ2) is 5.09. The second-order valence-corrected chi connectivity index (χ2v) is 6.36. The fourth-order valence-corrected chi connectivity index (χ4v) is 2.28. The summed E-state index contributed by atoms with van der Waals surface area (Å²) in [5.41, 5.74) is 2.56. The molecule has 0 aliphatic rings. The zero-order valence-electron chi connectivity index (χ0n) is 13.5. The molecule has 0 amide bonds. The van der Waals surface area contributed by atoms with Gasteiger partial charge in [-0.3, -0.25) is 0 Å². The minimum Gasteiger partial charge on any atom is -0.480 e. The number of hydrogen-bond acceptors (Lipinski definition) is 5. The summed E-state index contributed by atoms with van der Waals surface area (Å²) in [6.45, 7) is 8.12. The number of nitrogens with zero attached hydrogens (tertiary/aromatic N) is 3. The monoisotopic (exact) mass is 297 g/mol. The van der Waals surface area contributed by atoms with Crippen LogP contribution in [0.1, 0.15) is 32.2 Å². The van der Waals surface area contributed by atoms with E-state index in [2.05, 4.69) is 15.1 Å². The Labute approximate surface area is 129 Å². The highest BCUT2D eigenvalue weighted by Crippen LogP contribution is 2.32. The van der Waals surface area contributed by atoms with Gasteiger partial charge in [0.1, 0.15) is 0 Å². The number of para-hydroxylation sites is 1. The highest BCUT2D eigenvalue weighted by Gasteiger charge is 2.24. The molecule has 5 heteroatoms. The maximum absolute atomic E-state index is 5.42. The van der Waals surface area contributed by atoms with E-state index in [9.17, 15) is 0 Å². The highest BCUT2D eigenvalue weighted by atomic mass is 16.5. The quantitative estimate of drug-likeness (QED) is 0.718. The smallest absolute Gasteiger partial charge is 0.232 e. The fourth-order valence-electron chi connectivity index (χ4n) is 2.28. The summed E-state index contributed by atoms with van der Waals surface area (Å²) in [6, 6.07) is 8.04. The predicted molar refractivity (Wildman–Crippen MR) is 85.0 cm³/mol. The van der Waals surface area contributed by atoms with Crippen molar-refractivity contribution in [3.8, 4) is 17.3 Å². The molecule has 3 rings (SSSR count). The van der Waals surface area contributed by atoms with Crippen molar-refractivity contribution in [2.75, 3.05) is 7.11 Å². The van der Waals surface area contributed by atoms with E-state index in [1.807, 2.05) is 52.0 Å². The molecule has 0 saturated carbocycles. The van der Waals surface area contributed by atoms with Crippen LogP contribution in [0.15, 0.2) is 28.8 Å². The van der Waals surface area contributed by atoms with E-state index in [1.54, 1.807) is 7.11 Å². The molecule has 22 heavy (non-hydrogen) atoms. The molecule has 0 atom stereocenters. The molecule has 114 valence electrons. The Morgan fingerprint density at radius 2 is 1.91 bits per heavy atom. The summed E-state index contributed by atoms with van der Waals surface area (Å²) >= 11 is 0. The average molecular weight is 297 g/mol. The minimum absolute atomic E-state index is 0.195. The molecule has 0 aliphatic carbocycles. The summed E-state index contributed by atoms with van der Waals surface area (Å²) in [7, 11) is 1.60. The second-order valence-electron chi connectivity index (χ2n) is 6.36. The summed E-state index contributed by atoms with van der Waals surface area (Å²) in [4.78, 5) is 9.09. The lowest BCUT2D eigenvalue weighted by atomic mass is 9.97. The van der Waals surface area contributed by atoms with Crippen LogP contribution in [0.25, 0.3) is 22.3 Å². The standard InChI is InChI=1S/C17H19N3O2/c1-10-7-6-8-11-9-12(15(21-5)18-13(10)11)14-19-16(22-20-14)17(2,3)4/h6-9H,1-5H3. The normalized spacial score (nSPS) is 11.9. The van der Waals surface area contributed by atoms with Crippen LogP contribution in [0.2, 0.25) is 0 Å². The van der Waals surface area contributed by atoms with Gasteiger partial charge in [-0.05, 0) is 18.6 Å². The van der Waals surface area contributed by atoms with Crippen LogP contribution in [-0.4, -0.2) is 22.2 Å². The first-order valence-electron chi connectivity index (χ1n) is 7.19. The molecule has 0 bridgehead atoms. The minimum atomic E-state index is -0.195. The molecule has 5 nitrogen and oxygen atoms in total. The van der Waals surface area contributed by atoms with Gasteiger partial charge < -0.3 is 9.26 Å². The predicted octanol–water partition coefficient (Wildman–Crippen LogP) is 3.90. The van der Waals surface area contributed by atoms with Gasteiger partial charge >= 0.3 is 0 Å². The Bertz CT molecular complexity index is 832. The van der Waals surface area contributed by atoms with Gasteiger partial charge in [-0.2, -0.15) is 4.98 Å². The molecule has 0 N–H and O–H groups in total. The third-order valence-corrected chi connectivity index (χ3v) is 3.51. The first-order valence-corrected chi connectivity index (χ1v) is 7.19. The highest BCUT2D eigenvalue weighted by molar-refractivity contribution is 5.87. The van der Waals surface area contributed by atoms with Crippen LogP contribution in [-0.2, 0) is 5.41 Å². The fraction of sp³-hybridized carbons (Fsp3) is 0.353. The summed E-state index contributed by atoms with van der Waals surface area (Å²) < 4.78 is 10.8. The molecule has 2 heterocycles. The number of rotatable bonds is 2. The number of hydrogen-bond donors (Lipinski definition) is 0. The number of fused-ring (bicyclic) bond motifs is 1. The maximum atomic E-state index is 5.42. The van der Waals surface area contributed by atoms with E-state index in [4.69, 9.17) is 9.26 Å². The molecule has 0 saturated heterocycles. The number of aromatic nitrogens is 3. The lowest BCUT2D eigenvalue weighted by Crippen LogP contribution is -2.11. The van der Waals surface area contributed by atoms with Gasteiger partial charge in [-0.15, -0.1) is 0 Å². The molecular weight excluding hydrogens is 278 g/mol. The Morgan fingerprint density at radius 1 is 1.14 bits per heavy atom. The molecule has 2 aromatic heterocycles. The number of benzene rings is 1. The zero-order chi connectivity index (χ0) is 15.9. The number of methoxy groups -OCH3 is 1. The molecule has 0 fully saturated rings. The van der Waals surface area contributed by atoms with Crippen molar-refractivity contribution in [1.29, 1.82) is 0 Å². The van der Waals surface area contributed by atoms with Crippen molar-refractivity contribution in [3.05, 3.63) is 35.7 Å². The van der Waals surface area contributed by atoms with Crippen LogP contribution in [0.4, 0.5) is 0 Å². The van der Waals surface area contributed by atoms with Gasteiger partial charge in [0.05, 0.1) is 18.2 Å². The van der Waals surface area contributed by atoms with E-state index in [0.29, 0.717) is 17.6 Å². The average Bonchev–Trinajstić information content (AvgIpc) is 2.96. The summed E-state index contributed by atoms with van der Waals surface area (Å²) in [5.74, 6) is 1.59. The van der Waals surface area contributed by atoms with Crippen molar-refractivity contribution in [2.24, 2.45) is 0 Å². The Hall–Kier alpha value is -2.43. The Morgan fingerprint density at radius 3 is 2.55 bits per heavy atom. The van der Waals surface area contributed by atoms with Gasteiger partial charge in [0, 0.05) is 10.8 Å². The van der Waals surface area contributed by atoms with Crippen LogP contribution in [0, 0.1) is 6.92 Å². The Balaban J connectivity index is 2.19. The molecule has 0 unspecified atom stereocenters. The summed E-state index contributed by atoms with van der Waals surface area (Å²) in [5, 5.41) is 5.11. The SMILES string of the molecule is COc1nc2c(C)cccc2cc1-c1noc(C(C)(C)C)n1. The van der Waals surface area contributed by atoms with Crippen LogP contribution in [0.3, 0.4) is 0 Å².